The van der Waals surface area contributed by atoms with E-state index in [0.29, 0.717) is 13.0 Å². The maximum Gasteiger partial charge on any atom is 0.217 e. The number of aliphatic hydroxyl groups excluding tert-OH is 1. The molecule has 0 radical (unpaired) electrons. The van der Waals surface area contributed by atoms with Crippen molar-refractivity contribution in [1.82, 2.24) is 20.4 Å². The second-order valence-corrected chi connectivity index (χ2v) is 8.18. The van der Waals surface area contributed by atoms with Crippen LogP contribution in [0.2, 0.25) is 0 Å². The normalized spacial score (nSPS) is 34.5. The van der Waals surface area contributed by atoms with Crippen molar-refractivity contribution in [2.75, 3.05) is 59.5 Å². The van der Waals surface area contributed by atoms with E-state index in [-0.39, 0.29) is 18.1 Å². The Labute approximate surface area is 162 Å². The van der Waals surface area contributed by atoms with Gasteiger partial charge < -0.3 is 30.1 Å². The highest BCUT2D eigenvalue weighted by Crippen LogP contribution is 2.23. The van der Waals surface area contributed by atoms with E-state index in [2.05, 4.69) is 20.4 Å². The van der Waals surface area contributed by atoms with Crippen molar-refractivity contribution < 1.29 is 19.4 Å². The summed E-state index contributed by atoms with van der Waals surface area (Å²) in [7, 11) is 1.58. The maximum absolute atomic E-state index is 11.3. The molecule has 3 rings (SSSR count). The minimum atomic E-state index is -0.596. The molecule has 0 spiro atoms. The third-order valence-corrected chi connectivity index (χ3v) is 6.06. The molecule has 3 aliphatic heterocycles. The van der Waals surface area contributed by atoms with Gasteiger partial charge in [-0.05, 0) is 31.8 Å². The van der Waals surface area contributed by atoms with E-state index in [1.807, 2.05) is 0 Å². The molecule has 8 heteroatoms. The molecule has 3 N–H and O–H groups in total. The highest BCUT2D eigenvalue weighted by molar-refractivity contribution is 5.73. The van der Waals surface area contributed by atoms with Gasteiger partial charge in [0.25, 0.3) is 0 Å². The number of methoxy groups -OCH3 is 1. The van der Waals surface area contributed by atoms with Gasteiger partial charge in [-0.1, -0.05) is 0 Å². The Balaban J connectivity index is 1.42. The fraction of sp³-hybridized carbons (Fsp3) is 0.947. The molecule has 0 saturated carbocycles. The molecule has 0 aliphatic carbocycles. The first-order valence-corrected chi connectivity index (χ1v) is 10.3. The van der Waals surface area contributed by atoms with Gasteiger partial charge in [-0.3, -0.25) is 9.69 Å². The van der Waals surface area contributed by atoms with Crippen molar-refractivity contribution in [3.05, 3.63) is 0 Å². The molecule has 3 heterocycles. The lowest BCUT2D eigenvalue weighted by Gasteiger charge is -2.42. The summed E-state index contributed by atoms with van der Waals surface area (Å²) in [6.07, 6.45) is 1.64. The Bertz CT molecular complexity index is 467. The lowest BCUT2D eigenvalue weighted by molar-refractivity contribution is -0.229. The minimum absolute atomic E-state index is 0.138. The van der Waals surface area contributed by atoms with E-state index in [4.69, 9.17) is 9.47 Å². The number of hydrogen-bond acceptors (Lipinski definition) is 7. The molecular formula is C19H36N4O4. The van der Waals surface area contributed by atoms with Gasteiger partial charge in [0.15, 0.2) is 6.29 Å². The molecule has 0 bridgehead atoms. The van der Waals surface area contributed by atoms with E-state index < -0.39 is 12.4 Å². The number of nitrogens with one attached hydrogen (secondary N) is 2. The molecule has 156 valence electrons. The molecule has 1 amide bonds. The molecule has 3 saturated heterocycles. The van der Waals surface area contributed by atoms with Crippen molar-refractivity contribution in [3.63, 3.8) is 0 Å². The number of nitrogens with zero attached hydrogens (tertiary/aromatic N) is 2. The average molecular weight is 385 g/mol. The van der Waals surface area contributed by atoms with Gasteiger partial charge >= 0.3 is 0 Å². The van der Waals surface area contributed by atoms with Crippen LogP contribution in [0.25, 0.3) is 0 Å². The van der Waals surface area contributed by atoms with Crippen LogP contribution in [-0.2, 0) is 14.3 Å². The summed E-state index contributed by atoms with van der Waals surface area (Å²) in [5, 5.41) is 16.7. The van der Waals surface area contributed by atoms with Crippen molar-refractivity contribution in [1.29, 1.82) is 0 Å². The van der Waals surface area contributed by atoms with Crippen molar-refractivity contribution in [3.8, 4) is 0 Å². The molecule has 8 nitrogen and oxygen atoms in total. The number of piperazine rings is 1. The third-order valence-electron chi connectivity index (χ3n) is 6.06. The Morgan fingerprint density at radius 1 is 1.19 bits per heavy atom. The van der Waals surface area contributed by atoms with Crippen molar-refractivity contribution in [2.45, 2.75) is 50.7 Å². The van der Waals surface area contributed by atoms with Crippen LogP contribution in [0.1, 0.15) is 26.2 Å². The zero-order valence-electron chi connectivity index (χ0n) is 16.7. The number of amides is 1. The number of carbonyl (C=O) groups excluding carboxylic acids is 1. The number of ether oxygens (including phenoxy) is 2. The topological polar surface area (TPSA) is 86.3 Å². The smallest absolute Gasteiger partial charge is 0.217 e. The first kappa shape index (κ1) is 21.0. The Kier molecular flexibility index (Phi) is 7.86. The van der Waals surface area contributed by atoms with Crippen LogP contribution in [0.4, 0.5) is 0 Å². The van der Waals surface area contributed by atoms with E-state index in [0.717, 1.165) is 45.2 Å². The van der Waals surface area contributed by atoms with Crippen LogP contribution in [0.15, 0.2) is 0 Å². The van der Waals surface area contributed by atoms with Crippen molar-refractivity contribution in [2.24, 2.45) is 5.92 Å². The molecule has 0 aromatic rings. The summed E-state index contributed by atoms with van der Waals surface area (Å²) in [4.78, 5) is 16.3. The van der Waals surface area contributed by atoms with Crippen LogP contribution in [0.5, 0.6) is 0 Å². The number of hydrogen-bond donors (Lipinski definition) is 3. The minimum Gasteiger partial charge on any atom is -0.390 e. The summed E-state index contributed by atoms with van der Waals surface area (Å²) in [5.41, 5.74) is 0. The van der Waals surface area contributed by atoms with Crippen molar-refractivity contribution >= 4 is 5.91 Å². The lowest BCUT2D eigenvalue weighted by atomic mass is 9.97. The van der Waals surface area contributed by atoms with E-state index >= 15 is 0 Å². The molecule has 3 fully saturated rings. The lowest BCUT2D eigenvalue weighted by Crippen LogP contribution is -2.58. The van der Waals surface area contributed by atoms with Gasteiger partial charge in [-0.25, -0.2) is 0 Å². The zero-order chi connectivity index (χ0) is 19.2. The monoisotopic (exact) mass is 384 g/mol. The Morgan fingerprint density at radius 3 is 2.41 bits per heavy atom. The third kappa shape index (κ3) is 6.10. The van der Waals surface area contributed by atoms with Gasteiger partial charge in [0.1, 0.15) is 0 Å². The second-order valence-electron chi connectivity index (χ2n) is 8.18. The molecule has 4 atom stereocenters. The fourth-order valence-corrected chi connectivity index (χ4v) is 4.49. The first-order chi connectivity index (χ1) is 13.0. The molecule has 0 aromatic heterocycles. The van der Waals surface area contributed by atoms with Crippen LogP contribution >= 0.6 is 0 Å². The number of piperidine rings is 1. The van der Waals surface area contributed by atoms with E-state index in [1.54, 1.807) is 7.11 Å². The SMILES string of the molecule is CO[C@H]1O[C@H](CN2CCN(CC3CCNCC3)CC2)[C@H](O)C[C@H]1NC(C)=O. The molecule has 3 aliphatic rings. The van der Waals surface area contributed by atoms with Crippen LogP contribution in [0.3, 0.4) is 0 Å². The predicted octanol–water partition coefficient (Wildman–Crippen LogP) is -0.769. The quantitative estimate of drug-likeness (QED) is 0.554. The van der Waals surface area contributed by atoms with Gasteiger partial charge in [0.05, 0.1) is 18.2 Å². The van der Waals surface area contributed by atoms with Gasteiger partial charge in [0, 0.05) is 59.7 Å². The van der Waals surface area contributed by atoms with Gasteiger partial charge in [0.2, 0.25) is 5.91 Å². The Hall–Kier alpha value is -0.770. The zero-order valence-corrected chi connectivity index (χ0v) is 16.7. The Morgan fingerprint density at radius 2 is 1.81 bits per heavy atom. The molecule has 27 heavy (non-hydrogen) atoms. The second kappa shape index (κ2) is 10.1. The largest absolute Gasteiger partial charge is 0.390 e. The average Bonchev–Trinajstić information content (AvgIpc) is 2.66. The highest BCUT2D eigenvalue weighted by Gasteiger charge is 2.38. The first-order valence-electron chi connectivity index (χ1n) is 10.3. The van der Waals surface area contributed by atoms with E-state index in [1.165, 1.54) is 26.3 Å². The number of carbonyl (C=O) groups is 1. The standard InChI is InChI=1S/C19H36N4O4/c1-14(24)21-16-11-17(25)18(27-19(16)26-2)13-23-9-7-22(8-10-23)12-15-3-5-20-6-4-15/h15-20,25H,3-13H2,1-2H3,(H,21,24)/t16-,17-,18-,19+/m1/s1. The fourth-order valence-electron chi connectivity index (χ4n) is 4.49. The number of rotatable bonds is 6. The summed E-state index contributed by atoms with van der Waals surface area (Å²) >= 11 is 0. The van der Waals surface area contributed by atoms with Gasteiger partial charge in [-0.2, -0.15) is 0 Å². The summed E-state index contributed by atoms with van der Waals surface area (Å²) in [6.45, 7) is 9.85. The number of aliphatic hydroxyl groups is 1. The molecular weight excluding hydrogens is 348 g/mol. The summed E-state index contributed by atoms with van der Waals surface area (Å²) in [6, 6.07) is -0.305. The van der Waals surface area contributed by atoms with Crippen LogP contribution < -0.4 is 10.6 Å². The predicted molar refractivity (Wildman–Crippen MR) is 102 cm³/mol. The molecule has 0 aromatic carbocycles. The molecule has 0 unspecified atom stereocenters. The summed E-state index contributed by atoms with van der Waals surface area (Å²) < 4.78 is 11.4. The van der Waals surface area contributed by atoms with Crippen LogP contribution in [-0.4, -0.2) is 105 Å². The highest BCUT2D eigenvalue weighted by atomic mass is 16.7. The maximum atomic E-state index is 11.3. The van der Waals surface area contributed by atoms with E-state index in [9.17, 15) is 9.90 Å². The van der Waals surface area contributed by atoms with Crippen LogP contribution in [0, 0.1) is 5.92 Å². The van der Waals surface area contributed by atoms with Gasteiger partial charge in [-0.15, -0.1) is 0 Å². The summed E-state index contributed by atoms with van der Waals surface area (Å²) in [5.74, 6) is 0.690.